The molecule has 37 heteroatoms. The molecule has 13 amide bonds. The number of hydrogen-bond donors (Lipinski definition) is 23. The molecule has 32 N–H and O–H groups in total. The van der Waals surface area contributed by atoms with Crippen molar-refractivity contribution in [3.05, 3.63) is 0 Å². The maximum absolute atomic E-state index is 14.9. The van der Waals surface area contributed by atoms with Crippen molar-refractivity contribution in [1.82, 2.24) is 69.1 Å². The third kappa shape index (κ3) is 50.6. The summed E-state index contributed by atoms with van der Waals surface area (Å²) in [5.41, 5.74) is 52.9. The highest BCUT2D eigenvalue weighted by molar-refractivity contribution is 6.00. The van der Waals surface area contributed by atoms with Crippen molar-refractivity contribution in [2.24, 2.45) is 87.1 Å². The van der Waals surface area contributed by atoms with E-state index in [-0.39, 0.29) is 152 Å². The Hall–Kier alpha value is -7.78. The smallest absolute Gasteiger partial charge is 0.326 e. The molecule has 14 atom stereocenters. The van der Waals surface area contributed by atoms with Crippen LogP contribution in [0.5, 0.6) is 0 Å². The van der Waals surface area contributed by atoms with Crippen LogP contribution in [0.15, 0.2) is 0 Å². The van der Waals surface area contributed by atoms with Crippen molar-refractivity contribution < 1.29 is 72.2 Å². The van der Waals surface area contributed by atoms with Gasteiger partial charge in [0.25, 0.3) is 0 Å². The van der Waals surface area contributed by atoms with Crippen LogP contribution in [0, 0.1) is 35.5 Å². The van der Waals surface area contributed by atoms with Gasteiger partial charge in [-0.2, -0.15) is 0 Å². The second kappa shape index (κ2) is 65.8. The Morgan fingerprint density at radius 1 is 0.190 bits per heavy atom. The number of carboxylic acid groups (broad SMARTS) is 1. The molecule has 0 spiro atoms. The number of carbonyl (C=O) groups excluding carboxylic acids is 13. The lowest BCUT2D eigenvalue weighted by Gasteiger charge is -2.30. The SMILES string of the molecule is CC(C)C[C@H](NC(=O)[C@H](CC(C)C)NC(=O)[C@H](CCCCN)NC(=O)[C@H](CCCCN)NC(=O)[C@H](CC(C)C)NC(=O)[C@H](CCCCN)NC(=O)[C@H](CCCCN)NC(=O)[C@H](CC(C)C)NC(=O)[C@H](CC(C)C)NC(=O)[C@H](CCCCN)NC(=O)[C@H](CCCCN)NC(=O)[C@H](CC(C)C)NC(=O)[C@@H](N)CCCCN)C(=O)N[C@@H](CCCCN)C(=O)O. The fraction of sp³-hybridized carbons (Fsp3) is 0.833. The first-order chi connectivity index (χ1) is 57.3. The van der Waals surface area contributed by atoms with Crippen LogP contribution in [0.3, 0.4) is 0 Å². The van der Waals surface area contributed by atoms with Gasteiger partial charge >= 0.3 is 5.97 Å². The van der Waals surface area contributed by atoms with Crippen molar-refractivity contribution in [1.29, 1.82) is 0 Å². The number of carbonyl (C=O) groups is 14. The molecule has 0 bridgehead atoms. The minimum absolute atomic E-state index is 0.0215. The molecule has 0 aliphatic carbocycles. The van der Waals surface area contributed by atoms with Crippen LogP contribution < -0.4 is 121 Å². The van der Waals surface area contributed by atoms with Crippen LogP contribution in [-0.4, -0.2) is 225 Å². The first-order valence-electron chi connectivity index (χ1n) is 44.8. The molecule has 0 aromatic heterocycles. The molecule has 0 saturated heterocycles. The number of aliphatic carboxylic acids is 1. The molecule has 0 rings (SSSR count). The predicted molar refractivity (Wildman–Crippen MR) is 471 cm³/mol. The Kier molecular flexibility index (Phi) is 61.6. The molecular formula is C84H164N22O15. The fourth-order valence-electron chi connectivity index (χ4n) is 13.7. The van der Waals surface area contributed by atoms with E-state index in [9.17, 15) is 72.2 Å². The molecule has 0 radical (unpaired) electrons. The summed E-state index contributed by atoms with van der Waals surface area (Å²) in [4.78, 5) is 200. The monoisotopic (exact) mass is 1720 g/mol. The summed E-state index contributed by atoms with van der Waals surface area (Å²) in [6.45, 7) is 24.3. The van der Waals surface area contributed by atoms with E-state index in [1.165, 1.54) is 0 Å². The second-order valence-corrected chi connectivity index (χ2v) is 34.8. The van der Waals surface area contributed by atoms with Gasteiger partial charge in [0.1, 0.15) is 78.5 Å². The van der Waals surface area contributed by atoms with E-state index in [0.717, 1.165) is 0 Å². The average Bonchev–Trinajstić information content (AvgIpc) is 0.850. The lowest BCUT2D eigenvalue weighted by Crippen LogP contribution is -2.61. The Bertz CT molecular complexity index is 3040. The molecule has 0 aromatic rings. The fourth-order valence-corrected chi connectivity index (χ4v) is 13.7. The van der Waals surface area contributed by atoms with Crippen LogP contribution in [0.4, 0.5) is 0 Å². The van der Waals surface area contributed by atoms with Crippen molar-refractivity contribution in [3.8, 4) is 0 Å². The number of amides is 13. The Morgan fingerprint density at radius 2 is 0.314 bits per heavy atom. The second-order valence-electron chi connectivity index (χ2n) is 34.8. The summed E-state index contributed by atoms with van der Waals surface area (Å²) in [5.74, 6) is -11.7. The van der Waals surface area contributed by atoms with E-state index < -0.39 is 167 Å². The van der Waals surface area contributed by atoms with Crippen molar-refractivity contribution in [3.63, 3.8) is 0 Å². The van der Waals surface area contributed by atoms with Gasteiger partial charge in [0.2, 0.25) is 76.8 Å². The third-order valence-electron chi connectivity index (χ3n) is 20.4. The zero-order valence-electron chi connectivity index (χ0n) is 75.3. The maximum Gasteiger partial charge on any atom is 0.326 e. The van der Waals surface area contributed by atoms with Gasteiger partial charge in [-0.05, 0) is 274 Å². The van der Waals surface area contributed by atoms with Gasteiger partial charge in [-0.1, -0.05) is 89.5 Å². The highest BCUT2D eigenvalue weighted by atomic mass is 16.4. The van der Waals surface area contributed by atoms with Gasteiger partial charge < -0.3 is 126 Å². The van der Waals surface area contributed by atoms with E-state index in [1.807, 2.05) is 83.1 Å². The predicted octanol–water partition coefficient (Wildman–Crippen LogP) is 0.00930. The van der Waals surface area contributed by atoms with Gasteiger partial charge in [0, 0.05) is 0 Å². The van der Waals surface area contributed by atoms with Gasteiger partial charge in [-0.25, -0.2) is 4.79 Å². The molecule has 0 aromatic carbocycles. The zero-order valence-corrected chi connectivity index (χ0v) is 75.3. The first kappa shape index (κ1) is 113. The lowest BCUT2D eigenvalue weighted by molar-refractivity contribution is -0.142. The van der Waals surface area contributed by atoms with Crippen LogP contribution >= 0.6 is 0 Å². The summed E-state index contributed by atoms with van der Waals surface area (Å²) in [5, 5.41) is 46.2. The van der Waals surface area contributed by atoms with Crippen LogP contribution in [0.1, 0.15) is 276 Å². The summed E-state index contributed by atoms with van der Waals surface area (Å²) in [6.07, 6.45) is 8.51. The summed E-state index contributed by atoms with van der Waals surface area (Å²) < 4.78 is 0. The molecule has 0 aliphatic heterocycles. The number of nitrogens with two attached hydrogens (primary N) is 9. The van der Waals surface area contributed by atoms with Gasteiger partial charge in [0.15, 0.2) is 0 Å². The van der Waals surface area contributed by atoms with E-state index in [2.05, 4.69) is 69.1 Å². The standard InChI is InChI=1S/C84H164N22O15/c1-51(2)45-65(101-71(107)57(93)29-13-21-37-85)78(114)97-58(30-14-22-38-86)72(108)95-62(34-18-26-42-90)76(112)103-69(49-55(9)10)82(118)105-67(47-53(5)6)80(116)99-60(32-16-24-40-88)74(110)94-61(33-17-25-41-89)75(111)102-66(46-52(3)4)79(115)98-59(31-15-23-39-87)73(109)96-63(35-19-27-43-91)77(113)104-70(50-56(11)12)83(119)106-68(48-54(7)8)81(117)100-64(84(120)121)36-20-28-44-92/h51-70H,13-50,85-93H2,1-12H3,(H,94,110)(H,95,108)(H,96,109)(H,97,114)(H,98,115)(H,99,116)(H,100,117)(H,101,107)(H,102,111)(H,103,112)(H,104,113)(H,105,118)(H,106,119)(H,120,121)/t57-,58-,59-,60-,61-,62-,63-,64-,65-,66-,67-,68-,69-,70-/m0/s1. The summed E-state index contributed by atoms with van der Waals surface area (Å²) in [6, 6.07) is -17.2. The van der Waals surface area contributed by atoms with Gasteiger partial charge in [-0.3, -0.25) is 62.3 Å². The molecule has 700 valence electrons. The Morgan fingerprint density at radius 3 is 0.463 bits per heavy atom. The summed E-state index contributed by atoms with van der Waals surface area (Å²) in [7, 11) is 0. The lowest BCUT2D eigenvalue weighted by atomic mass is 9.98. The summed E-state index contributed by atoms with van der Waals surface area (Å²) >= 11 is 0. The number of unbranched alkanes of at least 4 members (excludes halogenated alkanes) is 8. The average molecular weight is 1720 g/mol. The van der Waals surface area contributed by atoms with Crippen molar-refractivity contribution in [2.45, 2.75) is 360 Å². The minimum atomic E-state index is -1.33. The van der Waals surface area contributed by atoms with Crippen molar-refractivity contribution >= 4 is 82.8 Å². The number of nitrogens with one attached hydrogen (secondary N) is 13. The van der Waals surface area contributed by atoms with E-state index in [4.69, 9.17) is 51.6 Å². The van der Waals surface area contributed by atoms with Crippen LogP contribution in [-0.2, 0) is 67.1 Å². The largest absolute Gasteiger partial charge is 0.480 e. The molecule has 121 heavy (non-hydrogen) atoms. The molecule has 0 fully saturated rings. The maximum atomic E-state index is 14.9. The topological polar surface area (TPSA) is 650 Å². The molecular weight excluding hydrogens is 1560 g/mol. The van der Waals surface area contributed by atoms with Crippen molar-refractivity contribution in [2.75, 3.05) is 52.4 Å². The van der Waals surface area contributed by atoms with E-state index in [1.54, 1.807) is 0 Å². The van der Waals surface area contributed by atoms with E-state index in [0.29, 0.717) is 129 Å². The minimum Gasteiger partial charge on any atom is -0.480 e. The molecule has 0 aliphatic rings. The van der Waals surface area contributed by atoms with Crippen LogP contribution in [0.25, 0.3) is 0 Å². The highest BCUT2D eigenvalue weighted by Gasteiger charge is 2.39. The van der Waals surface area contributed by atoms with Gasteiger partial charge in [-0.15, -0.1) is 0 Å². The Balaban J connectivity index is 7.42. The zero-order chi connectivity index (χ0) is 91.7. The quantitative estimate of drug-likeness (QED) is 0.0357. The molecule has 37 nitrogen and oxygen atoms in total. The Labute approximate surface area is 720 Å². The number of carboxylic acids is 1. The normalized spacial score (nSPS) is 15.1. The van der Waals surface area contributed by atoms with Crippen LogP contribution in [0.2, 0.25) is 0 Å². The number of hydrogen-bond acceptors (Lipinski definition) is 23. The molecule has 0 unspecified atom stereocenters. The highest BCUT2D eigenvalue weighted by Crippen LogP contribution is 2.19. The third-order valence-corrected chi connectivity index (χ3v) is 20.4. The molecule has 0 saturated carbocycles. The van der Waals surface area contributed by atoms with E-state index >= 15 is 0 Å². The van der Waals surface area contributed by atoms with Gasteiger partial charge in [0.05, 0.1) is 6.04 Å². The first-order valence-corrected chi connectivity index (χ1v) is 44.8. The molecule has 0 heterocycles. The number of rotatable bonds is 71.